The molecule has 0 saturated carbocycles. The van der Waals surface area contributed by atoms with Crippen molar-refractivity contribution in [2.24, 2.45) is 0 Å². The van der Waals surface area contributed by atoms with Gasteiger partial charge in [-0.15, -0.1) is 0 Å². The normalized spacial score (nSPS) is 19.1. The molecular weight excluding hydrogens is 266 g/mol. The molecule has 106 valence electrons. The van der Waals surface area contributed by atoms with Crippen LogP contribution in [0.5, 0.6) is 17.2 Å². The number of methoxy groups -OCH3 is 3. The van der Waals surface area contributed by atoms with E-state index in [0.717, 1.165) is 18.5 Å². The van der Waals surface area contributed by atoms with Crippen LogP contribution in [0.1, 0.15) is 30.9 Å². The molecule has 2 rings (SSSR count). The van der Waals surface area contributed by atoms with Crippen LogP contribution in [-0.2, 0) is 0 Å². The van der Waals surface area contributed by atoms with Gasteiger partial charge in [0.05, 0.1) is 26.4 Å². The average Bonchev–Trinajstić information content (AvgIpc) is 2.47. The third kappa shape index (κ3) is 2.74. The number of benzene rings is 1. The lowest BCUT2D eigenvalue weighted by molar-refractivity contribution is 0.332. The number of piperidine rings is 1. The standard InChI is InChI=1S/C14H20ClNO3/c1-17-10-8-11(18-2)14(19-3)12(13(10)15)9-6-4-5-7-16-9/h8-9,16H,4-7H2,1-3H3. The summed E-state index contributed by atoms with van der Waals surface area (Å²) in [5, 5.41) is 4.07. The molecule has 1 fully saturated rings. The summed E-state index contributed by atoms with van der Waals surface area (Å²) < 4.78 is 16.2. The van der Waals surface area contributed by atoms with Crippen molar-refractivity contribution in [1.82, 2.24) is 5.32 Å². The van der Waals surface area contributed by atoms with Gasteiger partial charge >= 0.3 is 0 Å². The summed E-state index contributed by atoms with van der Waals surface area (Å²) in [7, 11) is 4.85. The summed E-state index contributed by atoms with van der Waals surface area (Å²) in [6.45, 7) is 0.990. The number of nitrogens with one attached hydrogen (secondary N) is 1. The minimum absolute atomic E-state index is 0.181. The molecule has 1 aromatic carbocycles. The molecular formula is C14H20ClNO3. The van der Waals surface area contributed by atoms with Crippen molar-refractivity contribution in [2.45, 2.75) is 25.3 Å². The van der Waals surface area contributed by atoms with E-state index in [4.69, 9.17) is 25.8 Å². The molecule has 1 N–H and O–H groups in total. The molecule has 4 nitrogen and oxygen atoms in total. The fraction of sp³-hybridized carbons (Fsp3) is 0.571. The third-order valence-electron chi connectivity index (χ3n) is 3.49. The van der Waals surface area contributed by atoms with Gasteiger partial charge in [0.25, 0.3) is 0 Å². The molecule has 5 heteroatoms. The number of rotatable bonds is 4. The Morgan fingerprint density at radius 2 is 1.84 bits per heavy atom. The fourth-order valence-corrected chi connectivity index (χ4v) is 2.88. The molecule has 0 radical (unpaired) electrons. The Labute approximate surface area is 119 Å². The second-order valence-electron chi connectivity index (χ2n) is 4.54. The van der Waals surface area contributed by atoms with Crippen molar-refractivity contribution < 1.29 is 14.2 Å². The Bertz CT molecular complexity index is 445. The summed E-state index contributed by atoms with van der Waals surface area (Å²) in [6.07, 6.45) is 3.40. The Morgan fingerprint density at radius 3 is 2.37 bits per heavy atom. The van der Waals surface area contributed by atoms with E-state index in [1.54, 1.807) is 27.4 Å². The fourth-order valence-electron chi connectivity index (χ4n) is 2.53. The molecule has 0 spiro atoms. The highest BCUT2D eigenvalue weighted by molar-refractivity contribution is 6.33. The zero-order chi connectivity index (χ0) is 13.8. The van der Waals surface area contributed by atoms with E-state index in [2.05, 4.69) is 5.32 Å². The van der Waals surface area contributed by atoms with E-state index >= 15 is 0 Å². The van der Waals surface area contributed by atoms with Crippen molar-refractivity contribution >= 4 is 11.6 Å². The minimum atomic E-state index is 0.181. The third-order valence-corrected chi connectivity index (χ3v) is 3.88. The Morgan fingerprint density at radius 1 is 1.11 bits per heavy atom. The first-order valence-corrected chi connectivity index (χ1v) is 6.82. The van der Waals surface area contributed by atoms with Gasteiger partial charge in [-0.25, -0.2) is 0 Å². The van der Waals surface area contributed by atoms with Crippen molar-refractivity contribution in [3.05, 3.63) is 16.7 Å². The molecule has 0 aromatic heterocycles. The molecule has 1 saturated heterocycles. The van der Waals surface area contributed by atoms with Crippen LogP contribution in [0.4, 0.5) is 0 Å². The largest absolute Gasteiger partial charge is 0.495 e. The van der Waals surface area contributed by atoms with E-state index in [0.29, 0.717) is 22.3 Å². The summed E-state index contributed by atoms with van der Waals surface area (Å²) in [5.41, 5.74) is 0.931. The highest BCUT2D eigenvalue weighted by Crippen LogP contribution is 2.46. The summed E-state index contributed by atoms with van der Waals surface area (Å²) in [4.78, 5) is 0. The minimum Gasteiger partial charge on any atom is -0.495 e. The lowest BCUT2D eigenvalue weighted by atomic mass is 9.96. The van der Waals surface area contributed by atoms with Crippen LogP contribution in [0.15, 0.2) is 6.07 Å². The molecule has 1 heterocycles. The van der Waals surface area contributed by atoms with Crippen LogP contribution in [-0.4, -0.2) is 27.9 Å². The summed E-state index contributed by atoms with van der Waals surface area (Å²) in [6, 6.07) is 1.94. The predicted molar refractivity (Wildman–Crippen MR) is 75.7 cm³/mol. The maximum Gasteiger partial charge on any atom is 0.167 e. The summed E-state index contributed by atoms with van der Waals surface area (Å²) in [5.74, 6) is 1.94. The van der Waals surface area contributed by atoms with Crippen LogP contribution in [0.3, 0.4) is 0 Å². The van der Waals surface area contributed by atoms with Gasteiger partial charge in [-0.1, -0.05) is 18.0 Å². The average molecular weight is 286 g/mol. The highest BCUT2D eigenvalue weighted by atomic mass is 35.5. The van der Waals surface area contributed by atoms with Crippen LogP contribution in [0, 0.1) is 0 Å². The zero-order valence-corrected chi connectivity index (χ0v) is 12.3. The van der Waals surface area contributed by atoms with Gasteiger partial charge in [-0.2, -0.15) is 0 Å². The summed E-state index contributed by atoms with van der Waals surface area (Å²) >= 11 is 6.45. The highest BCUT2D eigenvalue weighted by Gasteiger charge is 2.26. The molecule has 1 atom stereocenters. The molecule has 0 amide bonds. The van der Waals surface area contributed by atoms with Gasteiger partial charge in [-0.05, 0) is 19.4 Å². The topological polar surface area (TPSA) is 39.7 Å². The molecule has 0 aliphatic carbocycles. The van der Waals surface area contributed by atoms with Gasteiger partial charge < -0.3 is 19.5 Å². The van der Waals surface area contributed by atoms with Crippen molar-refractivity contribution in [2.75, 3.05) is 27.9 Å². The number of hydrogen-bond donors (Lipinski definition) is 1. The van der Waals surface area contributed by atoms with Gasteiger partial charge in [0.15, 0.2) is 11.5 Å². The van der Waals surface area contributed by atoms with E-state index in [1.807, 2.05) is 0 Å². The monoisotopic (exact) mass is 285 g/mol. The Hall–Kier alpha value is -1.13. The van der Waals surface area contributed by atoms with Gasteiger partial charge in [0, 0.05) is 17.7 Å². The van der Waals surface area contributed by atoms with Crippen molar-refractivity contribution in [3.8, 4) is 17.2 Å². The molecule has 19 heavy (non-hydrogen) atoms. The van der Waals surface area contributed by atoms with Crippen LogP contribution >= 0.6 is 11.6 Å². The van der Waals surface area contributed by atoms with E-state index in [9.17, 15) is 0 Å². The van der Waals surface area contributed by atoms with Gasteiger partial charge in [0.1, 0.15) is 5.75 Å². The Balaban J connectivity index is 2.53. The van der Waals surface area contributed by atoms with Crippen LogP contribution in [0.2, 0.25) is 5.02 Å². The SMILES string of the molecule is COc1cc(OC)c(OC)c(C2CCCCN2)c1Cl. The molecule has 0 bridgehead atoms. The zero-order valence-electron chi connectivity index (χ0n) is 11.6. The van der Waals surface area contributed by atoms with Gasteiger partial charge in [-0.3, -0.25) is 0 Å². The lowest BCUT2D eigenvalue weighted by Gasteiger charge is -2.27. The van der Waals surface area contributed by atoms with E-state index in [-0.39, 0.29) is 6.04 Å². The lowest BCUT2D eigenvalue weighted by Crippen LogP contribution is -2.27. The second-order valence-corrected chi connectivity index (χ2v) is 4.92. The van der Waals surface area contributed by atoms with E-state index < -0.39 is 0 Å². The van der Waals surface area contributed by atoms with Crippen LogP contribution in [0.25, 0.3) is 0 Å². The van der Waals surface area contributed by atoms with Crippen LogP contribution < -0.4 is 19.5 Å². The van der Waals surface area contributed by atoms with E-state index in [1.165, 1.54) is 12.8 Å². The van der Waals surface area contributed by atoms with Crippen molar-refractivity contribution in [1.29, 1.82) is 0 Å². The first kappa shape index (κ1) is 14.3. The number of ether oxygens (including phenoxy) is 3. The smallest absolute Gasteiger partial charge is 0.167 e. The molecule has 1 aromatic rings. The maximum atomic E-state index is 6.45. The molecule has 1 aliphatic rings. The predicted octanol–water partition coefficient (Wildman–Crippen LogP) is 3.18. The first-order chi connectivity index (χ1) is 9.22. The Kier molecular flexibility index (Phi) is 4.77. The van der Waals surface area contributed by atoms with Gasteiger partial charge in [0.2, 0.25) is 0 Å². The molecule has 1 unspecified atom stereocenters. The maximum absolute atomic E-state index is 6.45. The van der Waals surface area contributed by atoms with Crippen molar-refractivity contribution in [3.63, 3.8) is 0 Å². The second kappa shape index (κ2) is 6.35. The number of halogens is 1. The quantitative estimate of drug-likeness (QED) is 0.922. The molecule has 1 aliphatic heterocycles. The number of hydrogen-bond acceptors (Lipinski definition) is 4. The first-order valence-electron chi connectivity index (χ1n) is 6.44.